The number of carbonyl (C=O) groups excluding carboxylic acids is 1. The van der Waals surface area contributed by atoms with Gasteiger partial charge < -0.3 is 5.32 Å². The molecule has 0 atom stereocenters. The fourth-order valence-corrected chi connectivity index (χ4v) is 2.29. The van der Waals surface area contributed by atoms with Crippen LogP contribution in [0, 0.1) is 12.3 Å². The van der Waals surface area contributed by atoms with Crippen molar-refractivity contribution in [3.8, 4) is 12.3 Å². The molecule has 1 amide bonds. The zero-order valence-corrected chi connectivity index (χ0v) is 13.3. The lowest BCUT2D eigenvalue weighted by molar-refractivity contribution is 0.0960. The number of nitrogens with one attached hydrogen (secondary N) is 2. The molecule has 7 nitrogen and oxygen atoms in total. The molecule has 2 heterocycles. The number of aromatic amines is 1. The molecule has 2 aromatic rings. The van der Waals surface area contributed by atoms with Crippen LogP contribution in [0.25, 0.3) is 11.0 Å². The average molecular weight is 314 g/mol. The summed E-state index contributed by atoms with van der Waals surface area (Å²) >= 11 is 0. The number of amides is 1. The van der Waals surface area contributed by atoms with Crippen molar-refractivity contribution >= 4 is 16.9 Å². The van der Waals surface area contributed by atoms with Crippen LogP contribution in [0.3, 0.4) is 0 Å². The minimum absolute atomic E-state index is 0.0262. The van der Waals surface area contributed by atoms with Crippen LogP contribution in [-0.4, -0.2) is 27.0 Å². The zero-order valence-electron chi connectivity index (χ0n) is 13.3. The molecule has 0 aliphatic rings. The van der Waals surface area contributed by atoms with Crippen molar-refractivity contribution in [1.29, 1.82) is 0 Å². The maximum atomic E-state index is 12.4. The number of rotatable bonds is 4. The van der Waals surface area contributed by atoms with Crippen molar-refractivity contribution in [2.45, 2.75) is 33.2 Å². The smallest absolute Gasteiger partial charge is 0.329 e. The summed E-state index contributed by atoms with van der Waals surface area (Å²) < 4.78 is 1.33. The van der Waals surface area contributed by atoms with Gasteiger partial charge in [0.1, 0.15) is 0 Å². The minimum atomic E-state index is -0.636. The second kappa shape index (κ2) is 6.48. The Hall–Kier alpha value is -2.88. The van der Waals surface area contributed by atoms with Crippen molar-refractivity contribution in [3.05, 3.63) is 38.2 Å². The highest BCUT2D eigenvalue weighted by molar-refractivity contribution is 6.05. The highest BCUT2D eigenvalue weighted by Crippen LogP contribution is 2.19. The molecule has 0 bridgehead atoms. The summed E-state index contributed by atoms with van der Waals surface area (Å²) in [7, 11) is 0. The number of aromatic nitrogens is 3. The molecular weight excluding hydrogens is 296 g/mol. The van der Waals surface area contributed by atoms with Gasteiger partial charge in [-0.1, -0.05) is 19.8 Å². The predicted octanol–water partition coefficient (Wildman–Crippen LogP) is 0.591. The predicted molar refractivity (Wildman–Crippen MR) is 87.6 cm³/mol. The first-order chi connectivity index (χ1) is 10.9. The molecule has 120 valence electrons. The Morgan fingerprint density at radius 3 is 2.74 bits per heavy atom. The summed E-state index contributed by atoms with van der Waals surface area (Å²) in [4.78, 5) is 43.2. The van der Waals surface area contributed by atoms with E-state index in [-0.39, 0.29) is 29.1 Å². The van der Waals surface area contributed by atoms with Crippen LogP contribution in [0.2, 0.25) is 0 Å². The molecule has 2 N–H and O–H groups in total. The molecule has 7 heteroatoms. The lowest BCUT2D eigenvalue weighted by Gasteiger charge is -2.13. The summed E-state index contributed by atoms with van der Waals surface area (Å²) in [6.07, 6.45) is 5.15. The number of fused-ring (bicyclic) bond motifs is 1. The van der Waals surface area contributed by atoms with Crippen molar-refractivity contribution in [2.24, 2.45) is 0 Å². The lowest BCUT2D eigenvalue weighted by atomic mass is 10.0. The number of hydrogen-bond donors (Lipinski definition) is 2. The van der Waals surface area contributed by atoms with Crippen molar-refractivity contribution in [2.75, 3.05) is 6.54 Å². The molecule has 0 aliphatic heterocycles. The molecule has 2 aromatic heterocycles. The van der Waals surface area contributed by atoms with Gasteiger partial charge in [0, 0.05) is 12.2 Å². The molecule has 0 fully saturated rings. The minimum Gasteiger partial charge on any atom is -0.341 e. The van der Waals surface area contributed by atoms with Gasteiger partial charge in [-0.05, 0) is 18.9 Å². The third kappa shape index (κ3) is 3.01. The normalized spacial score (nSPS) is 10.7. The van der Waals surface area contributed by atoms with Gasteiger partial charge >= 0.3 is 5.69 Å². The van der Waals surface area contributed by atoms with Crippen molar-refractivity contribution in [3.63, 3.8) is 0 Å². The van der Waals surface area contributed by atoms with Crippen molar-refractivity contribution in [1.82, 2.24) is 19.9 Å². The first-order valence-corrected chi connectivity index (χ1v) is 7.30. The van der Waals surface area contributed by atoms with Gasteiger partial charge in [-0.15, -0.1) is 6.42 Å². The van der Waals surface area contributed by atoms with Crippen LogP contribution < -0.4 is 16.6 Å². The van der Waals surface area contributed by atoms with E-state index in [1.807, 2.05) is 13.8 Å². The maximum absolute atomic E-state index is 12.4. The van der Waals surface area contributed by atoms with Crippen molar-refractivity contribution < 1.29 is 4.79 Å². The van der Waals surface area contributed by atoms with Crippen LogP contribution in [0.15, 0.2) is 15.7 Å². The van der Waals surface area contributed by atoms with Gasteiger partial charge in [0.2, 0.25) is 0 Å². The molecule has 0 aromatic carbocycles. The number of carbonyl (C=O) groups is 1. The van der Waals surface area contributed by atoms with E-state index >= 15 is 0 Å². The van der Waals surface area contributed by atoms with E-state index in [1.54, 1.807) is 13.0 Å². The van der Waals surface area contributed by atoms with Gasteiger partial charge in [0.15, 0.2) is 5.65 Å². The van der Waals surface area contributed by atoms with Gasteiger partial charge in [0.25, 0.3) is 11.5 Å². The fourth-order valence-electron chi connectivity index (χ4n) is 2.29. The molecular formula is C16H18N4O3. The Balaban J connectivity index is 2.89. The third-order valence-corrected chi connectivity index (χ3v) is 3.47. The first kappa shape index (κ1) is 16.5. The Kier molecular flexibility index (Phi) is 4.65. The number of H-pyrrole nitrogens is 1. The number of nitrogens with zero attached hydrogens (tertiary/aromatic N) is 2. The summed E-state index contributed by atoms with van der Waals surface area (Å²) in [5.74, 6) is 1.87. The Morgan fingerprint density at radius 1 is 1.48 bits per heavy atom. The summed E-state index contributed by atoms with van der Waals surface area (Å²) in [5.41, 5.74) is -0.192. The topological polar surface area (TPSA) is 96.8 Å². The van der Waals surface area contributed by atoms with Crippen LogP contribution in [0.1, 0.15) is 42.7 Å². The lowest BCUT2D eigenvalue weighted by Crippen LogP contribution is -2.33. The molecule has 0 unspecified atom stereocenters. The van der Waals surface area contributed by atoms with Crippen LogP contribution in [0.5, 0.6) is 0 Å². The Bertz CT molecular complexity index is 916. The van der Waals surface area contributed by atoms with Gasteiger partial charge in [-0.2, -0.15) is 0 Å². The van der Waals surface area contributed by atoms with E-state index in [0.717, 1.165) is 0 Å². The van der Waals surface area contributed by atoms with Crippen LogP contribution >= 0.6 is 0 Å². The molecule has 23 heavy (non-hydrogen) atoms. The number of hydrogen-bond acceptors (Lipinski definition) is 4. The summed E-state index contributed by atoms with van der Waals surface area (Å²) in [5, 5.41) is 2.63. The molecule has 2 rings (SSSR count). The van der Waals surface area contributed by atoms with Gasteiger partial charge in [-0.3, -0.25) is 19.1 Å². The van der Waals surface area contributed by atoms with E-state index in [2.05, 4.69) is 21.2 Å². The molecule has 0 saturated heterocycles. The molecule has 0 saturated carbocycles. The van der Waals surface area contributed by atoms with E-state index in [4.69, 9.17) is 6.42 Å². The third-order valence-electron chi connectivity index (χ3n) is 3.47. The second-order valence-electron chi connectivity index (χ2n) is 5.34. The highest BCUT2D eigenvalue weighted by Gasteiger charge is 2.19. The average Bonchev–Trinajstić information content (AvgIpc) is 2.51. The van der Waals surface area contributed by atoms with Crippen LogP contribution in [-0.2, 0) is 6.54 Å². The number of pyridine rings is 1. The number of terminal acetylenes is 1. The van der Waals surface area contributed by atoms with E-state index in [0.29, 0.717) is 12.2 Å². The highest BCUT2D eigenvalue weighted by atomic mass is 16.2. The SMILES string of the molecule is C#CCNC(=O)c1cc(C(C)C)nc2c1c(=O)[nH]c(=O)n2CC. The Labute approximate surface area is 132 Å². The Morgan fingerprint density at radius 2 is 2.17 bits per heavy atom. The second-order valence-corrected chi connectivity index (χ2v) is 5.34. The van der Waals surface area contributed by atoms with Gasteiger partial charge in [-0.25, -0.2) is 9.78 Å². The quantitative estimate of drug-likeness (QED) is 0.807. The summed E-state index contributed by atoms with van der Waals surface area (Å²) in [6, 6.07) is 1.57. The standard InChI is InChI=1S/C16H18N4O3/c1-5-7-17-14(21)10-8-11(9(3)4)18-13-12(10)15(22)19-16(23)20(13)6-2/h1,8-9H,6-7H2,2-4H3,(H,17,21)(H,19,22,23). The van der Waals surface area contributed by atoms with E-state index < -0.39 is 17.2 Å². The summed E-state index contributed by atoms with van der Waals surface area (Å²) in [6.45, 7) is 5.97. The molecule has 0 spiro atoms. The van der Waals surface area contributed by atoms with E-state index in [9.17, 15) is 14.4 Å². The maximum Gasteiger partial charge on any atom is 0.329 e. The fraction of sp³-hybridized carbons (Fsp3) is 0.375. The largest absolute Gasteiger partial charge is 0.341 e. The zero-order chi connectivity index (χ0) is 17.1. The monoisotopic (exact) mass is 314 g/mol. The first-order valence-electron chi connectivity index (χ1n) is 7.30. The molecule has 0 aliphatic carbocycles. The molecule has 0 radical (unpaired) electrons. The van der Waals surface area contributed by atoms with E-state index in [1.165, 1.54) is 4.57 Å². The van der Waals surface area contributed by atoms with Crippen LogP contribution in [0.4, 0.5) is 0 Å². The van der Waals surface area contributed by atoms with Gasteiger partial charge in [0.05, 0.1) is 17.5 Å². The number of aryl methyl sites for hydroxylation is 1.